The van der Waals surface area contributed by atoms with Gasteiger partial charge in [0.05, 0.1) is 0 Å². The van der Waals surface area contributed by atoms with Gasteiger partial charge in [-0.2, -0.15) is 0 Å². The Balaban J connectivity index is 1.78. The molecule has 0 aliphatic rings. The summed E-state index contributed by atoms with van der Waals surface area (Å²) in [6.45, 7) is 0. The molecule has 0 aliphatic heterocycles. The molecule has 0 aliphatic carbocycles. The van der Waals surface area contributed by atoms with Crippen molar-refractivity contribution in [3.63, 3.8) is 0 Å². The molecule has 0 fully saturated rings. The van der Waals surface area contributed by atoms with Crippen LogP contribution in [0.4, 0.5) is 10.8 Å². The number of nitrogens with one attached hydrogen (secondary N) is 2. The van der Waals surface area contributed by atoms with E-state index in [0.29, 0.717) is 15.1 Å². The minimum atomic E-state index is 0.510. The summed E-state index contributed by atoms with van der Waals surface area (Å²) in [5.74, 6) is 0.510. The zero-order valence-corrected chi connectivity index (χ0v) is 12.7. The Hall–Kier alpha value is -1.71. The van der Waals surface area contributed by atoms with E-state index in [9.17, 15) is 0 Å². The summed E-state index contributed by atoms with van der Waals surface area (Å²) in [5.41, 5.74) is 1.79. The summed E-state index contributed by atoms with van der Waals surface area (Å²) < 4.78 is 6.11. The molecule has 0 atom stereocenters. The molecule has 102 valence electrons. The maximum absolute atomic E-state index is 5.47. The number of nitrogens with zero attached hydrogens (tertiary/aromatic N) is 3. The monoisotopic (exact) mass is 323 g/mol. The van der Waals surface area contributed by atoms with E-state index < -0.39 is 0 Å². The highest BCUT2D eigenvalue weighted by Crippen LogP contribution is 2.24. The number of anilines is 2. The number of thioether (sulfide) groups is 1. The first-order chi connectivity index (χ1) is 9.74. The highest BCUT2D eigenvalue weighted by molar-refractivity contribution is 7.98. The number of benzene rings is 1. The third-order valence-corrected chi connectivity index (χ3v) is 3.92. The van der Waals surface area contributed by atoms with Gasteiger partial charge in [0.15, 0.2) is 3.95 Å². The first-order valence-corrected chi connectivity index (χ1v) is 8.00. The fourth-order valence-corrected chi connectivity index (χ4v) is 2.61. The van der Waals surface area contributed by atoms with Crippen LogP contribution in [0.5, 0.6) is 0 Å². The molecular formula is C11H9N5OS3. The van der Waals surface area contributed by atoms with Gasteiger partial charge in [0.2, 0.25) is 11.0 Å². The minimum Gasteiger partial charge on any atom is -0.411 e. The van der Waals surface area contributed by atoms with Crippen LogP contribution in [0.1, 0.15) is 0 Å². The fourth-order valence-electron chi connectivity index (χ4n) is 1.51. The predicted octanol–water partition coefficient (Wildman–Crippen LogP) is 3.72. The van der Waals surface area contributed by atoms with Crippen LogP contribution in [0.15, 0.2) is 33.9 Å². The van der Waals surface area contributed by atoms with Crippen LogP contribution in [-0.2, 0) is 0 Å². The van der Waals surface area contributed by atoms with Gasteiger partial charge in [0.25, 0.3) is 5.22 Å². The summed E-state index contributed by atoms with van der Waals surface area (Å²) in [6.07, 6.45) is 1.89. The summed E-state index contributed by atoms with van der Waals surface area (Å²) in [7, 11) is 0. The van der Waals surface area contributed by atoms with Crippen molar-refractivity contribution in [3.05, 3.63) is 28.2 Å². The predicted molar refractivity (Wildman–Crippen MR) is 82.1 cm³/mol. The Bertz CT molecular complexity index is 761. The molecular weight excluding hydrogens is 314 g/mol. The van der Waals surface area contributed by atoms with Crippen molar-refractivity contribution in [1.82, 2.24) is 20.4 Å². The van der Waals surface area contributed by atoms with Crippen LogP contribution in [0.3, 0.4) is 0 Å². The molecule has 0 radical (unpaired) electrons. The van der Waals surface area contributed by atoms with Gasteiger partial charge in [0, 0.05) is 11.3 Å². The molecule has 0 amide bonds. The lowest BCUT2D eigenvalue weighted by atomic mass is 10.2. The van der Waals surface area contributed by atoms with Gasteiger partial charge in [-0.3, -0.25) is 5.10 Å². The average molecular weight is 323 g/mol. The van der Waals surface area contributed by atoms with E-state index in [1.54, 1.807) is 0 Å². The Morgan fingerprint density at radius 2 is 2.10 bits per heavy atom. The lowest BCUT2D eigenvalue weighted by molar-refractivity contribution is 0.466. The zero-order chi connectivity index (χ0) is 13.9. The summed E-state index contributed by atoms with van der Waals surface area (Å²) in [4.78, 5) is 0. The second-order valence-electron chi connectivity index (χ2n) is 3.70. The minimum absolute atomic E-state index is 0.510. The normalized spacial score (nSPS) is 10.7. The van der Waals surface area contributed by atoms with E-state index in [1.807, 2.05) is 30.5 Å². The second kappa shape index (κ2) is 5.73. The molecule has 20 heavy (non-hydrogen) atoms. The van der Waals surface area contributed by atoms with Crippen LogP contribution in [0, 0.1) is 3.95 Å². The fraction of sp³-hybridized carbons (Fsp3) is 0.0909. The molecule has 0 saturated heterocycles. The SMILES string of the molecule is CSc1nnc(-c2ccc(Nc3n[nH]c(=S)s3)cc2)o1. The number of hydrogen-bond acceptors (Lipinski definition) is 8. The highest BCUT2D eigenvalue weighted by Gasteiger charge is 2.07. The van der Waals surface area contributed by atoms with E-state index in [0.717, 1.165) is 16.4 Å². The molecule has 2 heterocycles. The van der Waals surface area contributed by atoms with Crippen molar-refractivity contribution >= 4 is 46.1 Å². The Morgan fingerprint density at radius 3 is 2.70 bits per heavy atom. The largest absolute Gasteiger partial charge is 0.411 e. The van der Waals surface area contributed by atoms with Crippen LogP contribution in [0.2, 0.25) is 0 Å². The van der Waals surface area contributed by atoms with E-state index in [4.69, 9.17) is 16.6 Å². The van der Waals surface area contributed by atoms with E-state index in [1.165, 1.54) is 23.1 Å². The molecule has 0 saturated carbocycles. The molecule has 0 spiro atoms. The smallest absolute Gasteiger partial charge is 0.276 e. The first kappa shape index (κ1) is 13.3. The van der Waals surface area contributed by atoms with Crippen molar-refractivity contribution in [1.29, 1.82) is 0 Å². The third kappa shape index (κ3) is 2.89. The Morgan fingerprint density at radius 1 is 1.30 bits per heavy atom. The third-order valence-electron chi connectivity index (χ3n) is 2.40. The van der Waals surface area contributed by atoms with Crippen molar-refractivity contribution in [2.24, 2.45) is 0 Å². The standard InChI is InChI=1S/C11H9N5OS3/c1-19-10-15-13-8(17-10)6-2-4-7(5-3-6)12-9-14-16-11(18)20-9/h2-5H,1H3,(H,12,14)(H,16,18). The van der Waals surface area contributed by atoms with Crippen LogP contribution < -0.4 is 5.32 Å². The van der Waals surface area contributed by atoms with Crippen LogP contribution in [0.25, 0.3) is 11.5 Å². The van der Waals surface area contributed by atoms with Crippen LogP contribution >= 0.6 is 35.3 Å². The maximum Gasteiger partial charge on any atom is 0.276 e. The van der Waals surface area contributed by atoms with Gasteiger partial charge in [-0.1, -0.05) is 23.1 Å². The molecule has 2 aromatic heterocycles. The number of aromatic nitrogens is 4. The first-order valence-electron chi connectivity index (χ1n) is 5.55. The molecule has 0 unspecified atom stereocenters. The van der Waals surface area contributed by atoms with Crippen molar-refractivity contribution in [2.75, 3.05) is 11.6 Å². The summed E-state index contributed by atoms with van der Waals surface area (Å²) in [6, 6.07) is 7.66. The maximum atomic E-state index is 5.47. The zero-order valence-electron chi connectivity index (χ0n) is 10.3. The molecule has 2 N–H and O–H groups in total. The molecule has 6 nitrogen and oxygen atoms in total. The van der Waals surface area contributed by atoms with Gasteiger partial charge in [-0.05, 0) is 42.7 Å². The summed E-state index contributed by atoms with van der Waals surface area (Å²) in [5, 5.41) is 19.1. The number of H-pyrrole nitrogens is 1. The quantitative estimate of drug-likeness (QED) is 0.559. The second-order valence-corrected chi connectivity index (χ2v) is 6.12. The molecule has 9 heteroatoms. The Labute approximate surface area is 127 Å². The number of hydrogen-bond donors (Lipinski definition) is 2. The highest BCUT2D eigenvalue weighted by atomic mass is 32.2. The van der Waals surface area contributed by atoms with Crippen molar-refractivity contribution in [3.8, 4) is 11.5 Å². The molecule has 3 aromatic rings. The van der Waals surface area contributed by atoms with Crippen LogP contribution in [-0.4, -0.2) is 26.7 Å². The van der Waals surface area contributed by atoms with Gasteiger partial charge in [0.1, 0.15) is 0 Å². The van der Waals surface area contributed by atoms with Crippen molar-refractivity contribution < 1.29 is 4.42 Å². The number of rotatable bonds is 4. The van der Waals surface area contributed by atoms with Gasteiger partial charge in [-0.15, -0.1) is 15.3 Å². The van der Waals surface area contributed by atoms with Crippen molar-refractivity contribution in [2.45, 2.75) is 5.22 Å². The molecule has 0 bridgehead atoms. The van der Waals surface area contributed by atoms with E-state index in [2.05, 4.69) is 25.7 Å². The average Bonchev–Trinajstić information content (AvgIpc) is 3.09. The lowest BCUT2D eigenvalue weighted by Gasteiger charge is -2.02. The number of aromatic amines is 1. The lowest BCUT2D eigenvalue weighted by Crippen LogP contribution is -1.89. The van der Waals surface area contributed by atoms with E-state index >= 15 is 0 Å². The summed E-state index contributed by atoms with van der Waals surface area (Å²) >= 11 is 7.78. The van der Waals surface area contributed by atoms with E-state index in [-0.39, 0.29) is 0 Å². The van der Waals surface area contributed by atoms with Gasteiger partial charge >= 0.3 is 0 Å². The van der Waals surface area contributed by atoms with Gasteiger partial charge < -0.3 is 9.73 Å². The Kier molecular flexibility index (Phi) is 3.81. The van der Waals surface area contributed by atoms with Gasteiger partial charge in [-0.25, -0.2) is 0 Å². The molecule has 1 aromatic carbocycles. The molecule has 3 rings (SSSR count). The topological polar surface area (TPSA) is 79.6 Å².